The second kappa shape index (κ2) is 5.49. The number of nitrogens with zero attached hydrogens (tertiary/aromatic N) is 2. The standard InChI is InChI=1S/C10H18ClN3O/c1-7(2)4-12-6-9(15)10-8(11)5-13-14(10)3/h5,7,9,12,15H,4,6H2,1-3H3. The monoisotopic (exact) mass is 231 g/mol. The molecule has 1 unspecified atom stereocenters. The van der Waals surface area contributed by atoms with Crippen LogP contribution in [0.2, 0.25) is 5.02 Å². The Kier molecular flexibility index (Phi) is 4.57. The van der Waals surface area contributed by atoms with Crippen LogP contribution in [0.25, 0.3) is 0 Å². The van der Waals surface area contributed by atoms with Crippen molar-refractivity contribution in [2.45, 2.75) is 20.0 Å². The van der Waals surface area contributed by atoms with Gasteiger partial charge < -0.3 is 10.4 Å². The first-order chi connectivity index (χ1) is 7.02. The molecule has 0 spiro atoms. The van der Waals surface area contributed by atoms with Crippen LogP contribution in [0.4, 0.5) is 0 Å². The topological polar surface area (TPSA) is 50.1 Å². The van der Waals surface area contributed by atoms with Gasteiger partial charge in [-0.3, -0.25) is 4.68 Å². The molecule has 1 heterocycles. The highest BCUT2D eigenvalue weighted by molar-refractivity contribution is 6.31. The predicted octanol–water partition coefficient (Wildman–Crippen LogP) is 1.35. The van der Waals surface area contributed by atoms with Gasteiger partial charge in [-0.25, -0.2) is 0 Å². The molecule has 4 nitrogen and oxygen atoms in total. The van der Waals surface area contributed by atoms with Crippen LogP contribution in [0.5, 0.6) is 0 Å². The first-order valence-corrected chi connectivity index (χ1v) is 5.46. The zero-order valence-corrected chi connectivity index (χ0v) is 10.1. The third kappa shape index (κ3) is 3.48. The normalized spacial score (nSPS) is 13.5. The molecule has 0 aliphatic rings. The molecule has 5 heteroatoms. The first kappa shape index (κ1) is 12.5. The van der Waals surface area contributed by atoms with Crippen molar-refractivity contribution in [2.75, 3.05) is 13.1 Å². The zero-order valence-electron chi connectivity index (χ0n) is 9.37. The van der Waals surface area contributed by atoms with Crippen molar-refractivity contribution in [1.29, 1.82) is 0 Å². The molecule has 1 aromatic rings. The molecule has 0 amide bonds. The molecule has 0 bridgehead atoms. The van der Waals surface area contributed by atoms with E-state index in [-0.39, 0.29) is 0 Å². The summed E-state index contributed by atoms with van der Waals surface area (Å²) in [6.07, 6.45) is 0.937. The van der Waals surface area contributed by atoms with E-state index in [4.69, 9.17) is 11.6 Å². The number of nitrogens with one attached hydrogen (secondary N) is 1. The van der Waals surface area contributed by atoms with E-state index in [1.165, 1.54) is 0 Å². The third-order valence-electron chi connectivity index (χ3n) is 2.14. The van der Waals surface area contributed by atoms with Gasteiger partial charge in [-0.05, 0) is 12.5 Å². The number of rotatable bonds is 5. The van der Waals surface area contributed by atoms with Gasteiger partial charge in [0.25, 0.3) is 0 Å². The van der Waals surface area contributed by atoms with Crippen LogP contribution in [-0.4, -0.2) is 28.0 Å². The maximum Gasteiger partial charge on any atom is 0.109 e. The van der Waals surface area contributed by atoms with Crippen LogP contribution in [0.15, 0.2) is 6.20 Å². The fourth-order valence-corrected chi connectivity index (χ4v) is 1.69. The molecule has 15 heavy (non-hydrogen) atoms. The lowest BCUT2D eigenvalue weighted by molar-refractivity contribution is 0.164. The summed E-state index contributed by atoms with van der Waals surface area (Å²) in [4.78, 5) is 0. The summed E-state index contributed by atoms with van der Waals surface area (Å²) in [7, 11) is 1.77. The van der Waals surface area contributed by atoms with Crippen LogP contribution in [-0.2, 0) is 7.05 Å². The molecule has 1 rings (SSSR count). The Morgan fingerprint density at radius 2 is 2.20 bits per heavy atom. The van der Waals surface area contributed by atoms with Crippen molar-refractivity contribution >= 4 is 11.6 Å². The fourth-order valence-electron chi connectivity index (χ4n) is 1.40. The predicted molar refractivity (Wildman–Crippen MR) is 60.9 cm³/mol. The second-order valence-electron chi connectivity index (χ2n) is 4.07. The van der Waals surface area contributed by atoms with Crippen molar-refractivity contribution in [3.63, 3.8) is 0 Å². The molecule has 2 N–H and O–H groups in total. The number of hydrogen-bond donors (Lipinski definition) is 2. The van der Waals surface area contributed by atoms with Gasteiger partial charge in [0.05, 0.1) is 16.9 Å². The van der Waals surface area contributed by atoms with Crippen molar-refractivity contribution in [3.05, 3.63) is 16.9 Å². The van der Waals surface area contributed by atoms with Gasteiger partial charge in [0.2, 0.25) is 0 Å². The molecule has 0 radical (unpaired) electrons. The Morgan fingerprint density at radius 1 is 1.53 bits per heavy atom. The highest BCUT2D eigenvalue weighted by atomic mass is 35.5. The molecule has 1 aromatic heterocycles. The van der Waals surface area contributed by atoms with E-state index >= 15 is 0 Å². The molecule has 0 aliphatic heterocycles. The minimum absolute atomic E-state index is 0.497. The van der Waals surface area contributed by atoms with E-state index in [1.54, 1.807) is 17.9 Å². The highest BCUT2D eigenvalue weighted by Gasteiger charge is 2.15. The summed E-state index contributed by atoms with van der Waals surface area (Å²) in [5.41, 5.74) is 0.660. The van der Waals surface area contributed by atoms with Gasteiger partial charge in [-0.15, -0.1) is 0 Å². The second-order valence-corrected chi connectivity index (χ2v) is 4.48. The summed E-state index contributed by atoms with van der Waals surface area (Å²) >= 11 is 5.91. The van der Waals surface area contributed by atoms with Crippen LogP contribution in [0.3, 0.4) is 0 Å². The lowest BCUT2D eigenvalue weighted by atomic mass is 10.2. The van der Waals surface area contributed by atoms with Crippen molar-refractivity contribution in [2.24, 2.45) is 13.0 Å². The van der Waals surface area contributed by atoms with Gasteiger partial charge in [0.1, 0.15) is 6.10 Å². The Morgan fingerprint density at radius 3 is 2.67 bits per heavy atom. The van der Waals surface area contributed by atoms with Crippen molar-refractivity contribution < 1.29 is 5.11 Å². The zero-order chi connectivity index (χ0) is 11.4. The fraction of sp³-hybridized carbons (Fsp3) is 0.700. The van der Waals surface area contributed by atoms with Crippen LogP contribution < -0.4 is 5.32 Å². The van der Waals surface area contributed by atoms with Crippen LogP contribution >= 0.6 is 11.6 Å². The number of aliphatic hydroxyl groups excluding tert-OH is 1. The largest absolute Gasteiger partial charge is 0.385 e. The summed E-state index contributed by atoms with van der Waals surface area (Å²) in [6, 6.07) is 0. The number of aryl methyl sites for hydroxylation is 1. The van der Waals surface area contributed by atoms with Gasteiger partial charge in [-0.1, -0.05) is 25.4 Å². The maximum atomic E-state index is 9.88. The first-order valence-electron chi connectivity index (χ1n) is 5.08. The summed E-state index contributed by atoms with van der Waals surface area (Å²) in [5, 5.41) is 17.5. The number of aromatic nitrogens is 2. The summed E-state index contributed by atoms with van der Waals surface area (Å²) < 4.78 is 1.60. The van der Waals surface area contributed by atoms with Gasteiger partial charge in [-0.2, -0.15) is 5.10 Å². The third-order valence-corrected chi connectivity index (χ3v) is 2.43. The molecule has 0 saturated heterocycles. The van der Waals surface area contributed by atoms with E-state index in [2.05, 4.69) is 24.3 Å². The number of hydrogen-bond acceptors (Lipinski definition) is 3. The molecule has 86 valence electrons. The van der Waals surface area contributed by atoms with E-state index < -0.39 is 6.10 Å². The Balaban J connectivity index is 2.50. The Hall–Kier alpha value is -0.580. The minimum Gasteiger partial charge on any atom is -0.385 e. The minimum atomic E-state index is -0.608. The smallest absolute Gasteiger partial charge is 0.109 e. The van der Waals surface area contributed by atoms with Gasteiger partial charge in [0, 0.05) is 13.6 Å². The average molecular weight is 232 g/mol. The molecule has 0 aliphatic carbocycles. The van der Waals surface area contributed by atoms with E-state index in [0.29, 0.717) is 23.2 Å². The molecule has 0 saturated carbocycles. The Bertz CT molecular complexity index is 292. The number of halogens is 1. The molecule has 0 aromatic carbocycles. The molecular formula is C10H18ClN3O. The maximum absolute atomic E-state index is 9.88. The molecule has 0 fully saturated rings. The van der Waals surface area contributed by atoms with Crippen LogP contribution in [0.1, 0.15) is 25.6 Å². The summed E-state index contributed by atoms with van der Waals surface area (Å²) in [6.45, 7) is 5.62. The van der Waals surface area contributed by atoms with Gasteiger partial charge >= 0.3 is 0 Å². The highest BCUT2D eigenvalue weighted by Crippen LogP contribution is 2.21. The average Bonchev–Trinajstić information content (AvgIpc) is 2.45. The van der Waals surface area contributed by atoms with Crippen molar-refractivity contribution in [3.8, 4) is 0 Å². The quantitative estimate of drug-likeness (QED) is 0.805. The van der Waals surface area contributed by atoms with E-state index in [1.807, 2.05) is 0 Å². The SMILES string of the molecule is CC(C)CNCC(O)c1c(Cl)cnn1C. The van der Waals surface area contributed by atoms with Crippen LogP contribution in [0, 0.1) is 5.92 Å². The molecular weight excluding hydrogens is 214 g/mol. The molecule has 1 atom stereocenters. The lowest BCUT2D eigenvalue weighted by Crippen LogP contribution is -2.26. The lowest BCUT2D eigenvalue weighted by Gasteiger charge is -2.13. The van der Waals surface area contributed by atoms with Gasteiger partial charge in [0.15, 0.2) is 0 Å². The number of aliphatic hydroxyl groups is 1. The van der Waals surface area contributed by atoms with Crippen molar-refractivity contribution in [1.82, 2.24) is 15.1 Å². The Labute approximate surface area is 95.2 Å². The van der Waals surface area contributed by atoms with E-state index in [9.17, 15) is 5.11 Å². The van der Waals surface area contributed by atoms with E-state index in [0.717, 1.165) is 6.54 Å². The summed E-state index contributed by atoms with van der Waals surface area (Å²) in [5.74, 6) is 0.569.